The summed E-state index contributed by atoms with van der Waals surface area (Å²) >= 11 is 1.37. The number of nitrogens with zero attached hydrogens (tertiary/aromatic N) is 2. The predicted molar refractivity (Wildman–Crippen MR) is 146 cm³/mol. The van der Waals surface area contributed by atoms with E-state index in [4.69, 9.17) is 4.98 Å². The highest BCUT2D eigenvalue weighted by atomic mass is 32.1. The van der Waals surface area contributed by atoms with Gasteiger partial charge >= 0.3 is 5.91 Å². The number of carbonyl (C=O) groups is 2. The maximum atomic E-state index is 13.5. The molecule has 0 radical (unpaired) electrons. The molecule has 3 aromatic carbocycles. The van der Waals surface area contributed by atoms with Gasteiger partial charge in [-0.2, -0.15) is 0 Å². The summed E-state index contributed by atoms with van der Waals surface area (Å²) in [6.45, 7) is 10.0. The number of hydrogen-bond acceptors (Lipinski definition) is 5. The normalized spacial score (nSPS) is 17.5. The van der Waals surface area contributed by atoms with E-state index in [0.29, 0.717) is 16.6 Å². The molecule has 36 heavy (non-hydrogen) atoms. The van der Waals surface area contributed by atoms with Gasteiger partial charge in [-0.15, -0.1) is 0 Å². The van der Waals surface area contributed by atoms with Crippen molar-refractivity contribution in [2.45, 2.75) is 46.6 Å². The number of benzene rings is 3. The Hall–Kier alpha value is -3.77. The maximum absolute atomic E-state index is 13.5. The molecule has 5 rings (SSSR count). The van der Waals surface area contributed by atoms with Gasteiger partial charge in [0.05, 0.1) is 21.8 Å². The lowest BCUT2D eigenvalue weighted by Crippen LogP contribution is -2.29. The number of amides is 1. The monoisotopic (exact) mass is 496 g/mol. The fourth-order valence-electron chi connectivity index (χ4n) is 4.67. The smallest absolute Gasteiger partial charge is 0.301 e. The number of aryl methyl sites for hydroxylation is 3. The van der Waals surface area contributed by atoms with Crippen LogP contribution in [0.4, 0.5) is 5.13 Å². The van der Waals surface area contributed by atoms with Gasteiger partial charge in [-0.1, -0.05) is 73.2 Å². The number of hydrogen-bond donors (Lipinski definition) is 1. The van der Waals surface area contributed by atoms with E-state index in [1.54, 1.807) is 0 Å². The molecule has 1 unspecified atom stereocenters. The van der Waals surface area contributed by atoms with Crippen molar-refractivity contribution in [3.05, 3.63) is 99.6 Å². The number of ketones is 1. The van der Waals surface area contributed by atoms with E-state index in [2.05, 4.69) is 13.8 Å². The van der Waals surface area contributed by atoms with Gasteiger partial charge in [0.15, 0.2) is 5.13 Å². The van der Waals surface area contributed by atoms with Crippen molar-refractivity contribution < 1.29 is 14.7 Å². The summed E-state index contributed by atoms with van der Waals surface area (Å²) in [5, 5.41) is 11.9. The third kappa shape index (κ3) is 4.01. The number of thiazole rings is 1. The molecule has 1 atom stereocenters. The minimum absolute atomic E-state index is 0.0847. The second kappa shape index (κ2) is 9.03. The molecule has 6 heteroatoms. The molecule has 1 saturated heterocycles. The Morgan fingerprint density at radius 1 is 0.944 bits per heavy atom. The number of Topliss-reactive ketones (excluding diaryl/α,β-unsaturated/α-hetero) is 1. The lowest BCUT2D eigenvalue weighted by atomic mass is 9.92. The third-order valence-corrected chi connectivity index (χ3v) is 7.77. The summed E-state index contributed by atoms with van der Waals surface area (Å²) < 4.78 is 0.940. The van der Waals surface area contributed by atoms with Crippen molar-refractivity contribution in [3.63, 3.8) is 0 Å². The number of aliphatic hydroxyl groups is 1. The van der Waals surface area contributed by atoms with Crippen LogP contribution in [0.5, 0.6) is 0 Å². The molecule has 1 N–H and O–H groups in total. The molecule has 0 bridgehead atoms. The summed E-state index contributed by atoms with van der Waals surface area (Å²) in [6.07, 6.45) is 0. The number of aromatic nitrogens is 1. The topological polar surface area (TPSA) is 70.5 Å². The zero-order valence-corrected chi connectivity index (χ0v) is 21.8. The van der Waals surface area contributed by atoms with E-state index in [1.807, 2.05) is 81.4 Å². The van der Waals surface area contributed by atoms with Gasteiger partial charge in [0.1, 0.15) is 5.76 Å². The second-order valence-corrected chi connectivity index (χ2v) is 10.8. The molecule has 5 nitrogen and oxygen atoms in total. The van der Waals surface area contributed by atoms with Crippen molar-refractivity contribution >= 4 is 44.1 Å². The van der Waals surface area contributed by atoms with Crippen molar-refractivity contribution in [2.24, 2.45) is 0 Å². The Morgan fingerprint density at radius 3 is 2.31 bits per heavy atom. The Balaban J connectivity index is 1.74. The molecular weight excluding hydrogens is 468 g/mol. The highest BCUT2D eigenvalue weighted by Gasteiger charge is 2.48. The van der Waals surface area contributed by atoms with Crippen LogP contribution >= 0.6 is 11.3 Å². The molecule has 4 aromatic rings. The molecule has 1 aliphatic rings. The average molecular weight is 497 g/mol. The van der Waals surface area contributed by atoms with Gasteiger partial charge in [-0.3, -0.25) is 14.5 Å². The fraction of sp³-hybridized carbons (Fsp3) is 0.233. The molecule has 0 aliphatic carbocycles. The first-order chi connectivity index (χ1) is 17.2. The Kier molecular flexibility index (Phi) is 6.00. The van der Waals surface area contributed by atoms with Gasteiger partial charge in [-0.05, 0) is 67.1 Å². The van der Waals surface area contributed by atoms with E-state index < -0.39 is 17.7 Å². The predicted octanol–water partition coefficient (Wildman–Crippen LogP) is 6.97. The van der Waals surface area contributed by atoms with Crippen LogP contribution in [0, 0.1) is 20.8 Å². The molecular formula is C30H28N2O3S. The van der Waals surface area contributed by atoms with Gasteiger partial charge in [0.25, 0.3) is 5.78 Å². The van der Waals surface area contributed by atoms with Crippen molar-refractivity contribution in [2.75, 3.05) is 4.90 Å². The maximum Gasteiger partial charge on any atom is 0.301 e. The number of rotatable bonds is 4. The van der Waals surface area contributed by atoms with Crippen LogP contribution in [0.2, 0.25) is 0 Å². The Morgan fingerprint density at radius 2 is 1.61 bits per heavy atom. The Bertz CT molecular complexity index is 1550. The second-order valence-electron chi connectivity index (χ2n) is 9.78. The number of fused-ring (bicyclic) bond motifs is 1. The van der Waals surface area contributed by atoms with Crippen LogP contribution in [-0.2, 0) is 9.59 Å². The van der Waals surface area contributed by atoms with E-state index in [1.165, 1.54) is 16.2 Å². The standard InChI is InChI=1S/C30H28N2O3S/c1-16(2)20-9-11-21(12-10-20)26-25(27(33)22-14-17(3)6-8-19(22)5)28(34)29(35)32(26)30-31-23-13-7-18(4)15-24(23)36-30/h6-16,26,33H,1-5H3. The SMILES string of the molecule is Cc1ccc(C)c(C(O)=C2C(=O)C(=O)N(c3nc4ccc(C)cc4s3)C2c2ccc(C(C)C)cc2)c1. The van der Waals surface area contributed by atoms with E-state index in [9.17, 15) is 14.7 Å². The van der Waals surface area contributed by atoms with Crippen LogP contribution in [0.25, 0.3) is 16.0 Å². The first-order valence-corrected chi connectivity index (χ1v) is 12.8. The minimum atomic E-state index is -0.784. The molecule has 1 aliphatic heterocycles. The summed E-state index contributed by atoms with van der Waals surface area (Å²) in [5.41, 5.74) is 6.19. The minimum Gasteiger partial charge on any atom is -0.507 e. The highest BCUT2D eigenvalue weighted by Crippen LogP contribution is 2.44. The average Bonchev–Trinajstić information content (AvgIpc) is 3.38. The summed E-state index contributed by atoms with van der Waals surface area (Å²) in [5.74, 6) is -1.21. The van der Waals surface area contributed by atoms with Crippen LogP contribution in [-0.4, -0.2) is 21.8 Å². The van der Waals surface area contributed by atoms with E-state index in [-0.39, 0.29) is 11.3 Å². The lowest BCUT2D eigenvalue weighted by molar-refractivity contribution is -0.132. The number of aliphatic hydroxyl groups excluding tert-OH is 1. The first kappa shape index (κ1) is 23.9. The van der Waals surface area contributed by atoms with Crippen LogP contribution in [0.1, 0.15) is 59.2 Å². The van der Waals surface area contributed by atoms with E-state index in [0.717, 1.165) is 38.0 Å². The number of carbonyl (C=O) groups excluding carboxylic acids is 2. The lowest BCUT2D eigenvalue weighted by Gasteiger charge is -2.23. The van der Waals surface area contributed by atoms with Gasteiger partial charge in [0, 0.05) is 5.56 Å². The summed E-state index contributed by atoms with van der Waals surface area (Å²) in [7, 11) is 0. The summed E-state index contributed by atoms with van der Waals surface area (Å²) in [4.78, 5) is 33.2. The fourth-order valence-corrected chi connectivity index (χ4v) is 5.76. The number of anilines is 1. The van der Waals surface area contributed by atoms with Gasteiger partial charge in [0.2, 0.25) is 0 Å². The van der Waals surface area contributed by atoms with Crippen molar-refractivity contribution in [1.29, 1.82) is 0 Å². The highest BCUT2D eigenvalue weighted by molar-refractivity contribution is 7.22. The van der Waals surface area contributed by atoms with Gasteiger partial charge in [-0.25, -0.2) is 4.98 Å². The van der Waals surface area contributed by atoms with Crippen LogP contribution < -0.4 is 4.90 Å². The Labute approximate surface area is 214 Å². The molecule has 0 saturated carbocycles. The molecule has 182 valence electrons. The molecule has 2 heterocycles. The molecule has 1 amide bonds. The quantitative estimate of drug-likeness (QED) is 0.188. The third-order valence-electron chi connectivity index (χ3n) is 6.75. The van der Waals surface area contributed by atoms with E-state index >= 15 is 0 Å². The first-order valence-electron chi connectivity index (χ1n) is 12.0. The van der Waals surface area contributed by atoms with Crippen LogP contribution in [0.3, 0.4) is 0 Å². The van der Waals surface area contributed by atoms with Crippen molar-refractivity contribution in [3.8, 4) is 0 Å². The van der Waals surface area contributed by atoms with Gasteiger partial charge < -0.3 is 5.11 Å². The van der Waals surface area contributed by atoms with Crippen LogP contribution in [0.15, 0.2) is 66.2 Å². The van der Waals surface area contributed by atoms with Crippen molar-refractivity contribution in [1.82, 2.24) is 4.98 Å². The molecule has 1 fully saturated rings. The molecule has 0 spiro atoms. The summed E-state index contributed by atoms with van der Waals surface area (Å²) in [6, 6.07) is 18.7. The molecule has 1 aromatic heterocycles. The zero-order valence-electron chi connectivity index (χ0n) is 21.0. The zero-order chi connectivity index (χ0) is 25.7. The largest absolute Gasteiger partial charge is 0.507 e.